The van der Waals surface area contributed by atoms with Crippen molar-refractivity contribution in [2.45, 2.75) is 40.8 Å². The van der Waals surface area contributed by atoms with Crippen molar-refractivity contribution >= 4 is 44.7 Å². The number of fused-ring (bicyclic) bond motifs is 1. The van der Waals surface area contributed by atoms with Crippen LogP contribution in [-0.4, -0.2) is 21.1 Å². The molecule has 1 aromatic carbocycles. The van der Waals surface area contributed by atoms with E-state index in [1.165, 1.54) is 4.57 Å². The SMILES string of the molecule is CC(C)CN(Cc1nc2cc(Cl)ccc2s1)c1c(N)n(CC(C)C)c(=O)[nH]c1=O. The molecule has 2 heterocycles. The normalized spacial score (nSPS) is 11.7. The summed E-state index contributed by atoms with van der Waals surface area (Å²) in [6.07, 6.45) is 0. The third-order valence-electron chi connectivity index (χ3n) is 4.38. The molecule has 0 atom stereocenters. The van der Waals surface area contributed by atoms with E-state index in [-0.39, 0.29) is 17.7 Å². The van der Waals surface area contributed by atoms with Gasteiger partial charge in [0.2, 0.25) is 0 Å². The second-order valence-corrected chi connectivity index (χ2v) is 9.54. The molecule has 0 amide bonds. The second kappa shape index (κ2) is 8.59. The van der Waals surface area contributed by atoms with Crippen LogP contribution in [-0.2, 0) is 13.1 Å². The van der Waals surface area contributed by atoms with E-state index in [4.69, 9.17) is 17.3 Å². The summed E-state index contributed by atoms with van der Waals surface area (Å²) in [5.41, 5.74) is 6.51. The van der Waals surface area contributed by atoms with E-state index in [0.29, 0.717) is 30.3 Å². The number of nitrogens with zero attached hydrogens (tertiary/aromatic N) is 3. The van der Waals surface area contributed by atoms with Crippen molar-refractivity contribution in [1.29, 1.82) is 0 Å². The molecule has 0 bridgehead atoms. The highest BCUT2D eigenvalue weighted by Crippen LogP contribution is 2.28. The number of halogens is 1. The van der Waals surface area contributed by atoms with Crippen LogP contribution < -0.4 is 21.9 Å². The molecule has 0 aliphatic rings. The minimum atomic E-state index is -0.482. The fraction of sp³-hybridized carbons (Fsp3) is 0.450. The smallest absolute Gasteiger partial charge is 0.330 e. The maximum atomic E-state index is 12.7. The molecule has 0 aliphatic carbocycles. The van der Waals surface area contributed by atoms with E-state index in [9.17, 15) is 9.59 Å². The van der Waals surface area contributed by atoms with Gasteiger partial charge in [0.05, 0.1) is 16.8 Å². The van der Waals surface area contributed by atoms with E-state index in [1.54, 1.807) is 11.3 Å². The van der Waals surface area contributed by atoms with Crippen LogP contribution >= 0.6 is 22.9 Å². The zero-order valence-electron chi connectivity index (χ0n) is 17.0. The number of benzene rings is 1. The molecule has 0 saturated carbocycles. The van der Waals surface area contributed by atoms with Crippen molar-refractivity contribution in [1.82, 2.24) is 14.5 Å². The van der Waals surface area contributed by atoms with Gasteiger partial charge in [0.15, 0.2) is 0 Å². The monoisotopic (exact) mass is 435 g/mol. The molecular weight excluding hydrogens is 410 g/mol. The molecule has 2 aromatic heterocycles. The zero-order chi connectivity index (χ0) is 21.3. The number of H-pyrrole nitrogens is 1. The molecule has 0 radical (unpaired) electrons. The molecule has 29 heavy (non-hydrogen) atoms. The van der Waals surface area contributed by atoms with Gasteiger partial charge in [-0.2, -0.15) is 0 Å². The largest absolute Gasteiger partial charge is 0.383 e. The van der Waals surface area contributed by atoms with E-state index in [0.717, 1.165) is 15.2 Å². The average molecular weight is 436 g/mol. The van der Waals surface area contributed by atoms with Crippen molar-refractivity contribution in [3.8, 4) is 0 Å². The minimum absolute atomic E-state index is 0.192. The van der Waals surface area contributed by atoms with Crippen molar-refractivity contribution in [2.75, 3.05) is 17.2 Å². The lowest BCUT2D eigenvalue weighted by Gasteiger charge is -2.27. The highest BCUT2D eigenvalue weighted by molar-refractivity contribution is 7.18. The van der Waals surface area contributed by atoms with Gasteiger partial charge in [-0.15, -0.1) is 11.3 Å². The number of hydrogen-bond acceptors (Lipinski definition) is 6. The Kier molecular flexibility index (Phi) is 6.33. The Morgan fingerprint density at radius 2 is 1.97 bits per heavy atom. The van der Waals surface area contributed by atoms with Gasteiger partial charge in [-0.3, -0.25) is 14.3 Å². The first-order valence-corrected chi connectivity index (χ1v) is 10.8. The molecule has 3 aromatic rings. The van der Waals surface area contributed by atoms with Gasteiger partial charge in [0.1, 0.15) is 16.5 Å². The first-order chi connectivity index (χ1) is 13.7. The fourth-order valence-corrected chi connectivity index (χ4v) is 4.41. The van der Waals surface area contributed by atoms with Gasteiger partial charge < -0.3 is 10.6 Å². The summed E-state index contributed by atoms with van der Waals surface area (Å²) < 4.78 is 2.47. The van der Waals surface area contributed by atoms with Crippen LogP contribution in [0.5, 0.6) is 0 Å². The third-order valence-corrected chi connectivity index (χ3v) is 5.64. The van der Waals surface area contributed by atoms with Crippen LogP contribution in [0.25, 0.3) is 10.2 Å². The Morgan fingerprint density at radius 1 is 1.24 bits per heavy atom. The van der Waals surface area contributed by atoms with Crippen LogP contribution in [0.4, 0.5) is 11.5 Å². The number of nitrogens with one attached hydrogen (secondary N) is 1. The van der Waals surface area contributed by atoms with Gasteiger partial charge >= 0.3 is 5.69 Å². The summed E-state index contributed by atoms with van der Waals surface area (Å²) in [5.74, 6) is 0.682. The van der Waals surface area contributed by atoms with Crippen LogP contribution in [0, 0.1) is 11.8 Å². The first-order valence-electron chi connectivity index (χ1n) is 9.58. The Balaban J connectivity index is 2.06. The summed E-state index contributed by atoms with van der Waals surface area (Å²) in [6, 6.07) is 5.60. The molecule has 0 spiro atoms. The molecular formula is C20H26ClN5O2S. The van der Waals surface area contributed by atoms with Crippen molar-refractivity contribution in [3.05, 3.63) is 49.1 Å². The standard InChI is InChI=1S/C20H26ClN5O2S/c1-11(2)8-25(10-16-23-14-7-13(21)5-6-15(14)29-16)17-18(22)26(9-12(3)4)20(28)24-19(17)27/h5-7,11-12H,8-10,22H2,1-4H3,(H,24,27,28). The number of aromatic amines is 1. The topological polar surface area (TPSA) is 97.0 Å². The molecule has 156 valence electrons. The van der Waals surface area contributed by atoms with Crippen molar-refractivity contribution in [2.24, 2.45) is 11.8 Å². The number of thiazole rings is 1. The van der Waals surface area contributed by atoms with Gasteiger partial charge in [0.25, 0.3) is 5.56 Å². The van der Waals surface area contributed by atoms with Crippen molar-refractivity contribution < 1.29 is 0 Å². The molecule has 0 fully saturated rings. The Hall–Kier alpha value is -2.32. The van der Waals surface area contributed by atoms with E-state index >= 15 is 0 Å². The summed E-state index contributed by atoms with van der Waals surface area (Å²) in [6.45, 7) is 9.58. The third kappa shape index (κ3) is 4.82. The number of anilines is 2. The number of rotatable bonds is 7. The lowest BCUT2D eigenvalue weighted by Crippen LogP contribution is -2.40. The summed E-state index contributed by atoms with van der Waals surface area (Å²) >= 11 is 7.63. The van der Waals surface area contributed by atoms with Crippen molar-refractivity contribution in [3.63, 3.8) is 0 Å². The van der Waals surface area contributed by atoms with Gasteiger partial charge in [-0.25, -0.2) is 9.78 Å². The van der Waals surface area contributed by atoms with Crippen LogP contribution in [0.15, 0.2) is 27.8 Å². The second-order valence-electron chi connectivity index (χ2n) is 7.99. The number of nitrogens with two attached hydrogens (primary N) is 1. The average Bonchev–Trinajstić information content (AvgIpc) is 2.99. The molecule has 9 heteroatoms. The Labute approximate surface area is 178 Å². The first kappa shape index (κ1) is 21.4. The molecule has 7 nitrogen and oxygen atoms in total. The summed E-state index contributed by atoms with van der Waals surface area (Å²) in [4.78, 5) is 34.0. The number of hydrogen-bond donors (Lipinski definition) is 2. The zero-order valence-corrected chi connectivity index (χ0v) is 18.6. The lowest BCUT2D eigenvalue weighted by molar-refractivity contribution is 0.505. The van der Waals surface area contributed by atoms with E-state index < -0.39 is 11.2 Å². The molecule has 0 saturated heterocycles. The molecule has 3 rings (SSSR count). The van der Waals surface area contributed by atoms with Crippen LogP contribution in [0.1, 0.15) is 32.7 Å². The van der Waals surface area contributed by atoms with Gasteiger partial charge in [0, 0.05) is 18.1 Å². The van der Waals surface area contributed by atoms with Gasteiger partial charge in [-0.05, 0) is 30.0 Å². The van der Waals surface area contributed by atoms with Crippen LogP contribution in [0.2, 0.25) is 5.02 Å². The predicted molar refractivity (Wildman–Crippen MR) is 121 cm³/mol. The number of nitrogen functional groups attached to an aromatic ring is 1. The van der Waals surface area contributed by atoms with E-state index in [2.05, 4.69) is 23.8 Å². The molecule has 0 unspecified atom stereocenters. The maximum absolute atomic E-state index is 12.7. The van der Waals surface area contributed by atoms with E-state index in [1.807, 2.05) is 36.9 Å². The molecule has 0 aliphatic heterocycles. The van der Waals surface area contributed by atoms with Crippen LogP contribution in [0.3, 0.4) is 0 Å². The minimum Gasteiger partial charge on any atom is -0.383 e. The predicted octanol–water partition coefficient (Wildman–Crippen LogP) is 3.70. The Morgan fingerprint density at radius 3 is 2.62 bits per heavy atom. The highest BCUT2D eigenvalue weighted by atomic mass is 35.5. The lowest BCUT2D eigenvalue weighted by atomic mass is 10.2. The Bertz CT molecular complexity index is 1130. The quantitative estimate of drug-likeness (QED) is 0.589. The maximum Gasteiger partial charge on any atom is 0.330 e. The fourth-order valence-electron chi connectivity index (χ4n) is 3.28. The summed E-state index contributed by atoms with van der Waals surface area (Å²) in [7, 11) is 0. The molecule has 3 N–H and O–H groups in total. The highest BCUT2D eigenvalue weighted by Gasteiger charge is 2.21. The number of aromatic nitrogens is 3. The van der Waals surface area contributed by atoms with Gasteiger partial charge in [-0.1, -0.05) is 39.3 Å². The summed E-state index contributed by atoms with van der Waals surface area (Å²) in [5, 5.41) is 1.48.